The maximum absolute atomic E-state index is 12.4. The van der Waals surface area contributed by atoms with Crippen LogP contribution in [-0.2, 0) is 0 Å². The summed E-state index contributed by atoms with van der Waals surface area (Å²) in [5.41, 5.74) is 5.43. The summed E-state index contributed by atoms with van der Waals surface area (Å²) in [5.74, 6) is 0. The van der Waals surface area contributed by atoms with E-state index >= 15 is 0 Å². The smallest absolute Gasteiger partial charge is 0.257 e. The van der Waals surface area contributed by atoms with Crippen LogP contribution in [0.2, 0.25) is 0 Å². The number of hydrogen-bond donors (Lipinski definition) is 1. The second kappa shape index (κ2) is 6.41. The molecule has 4 heteroatoms. The number of carbonyl (C=O) groups excluding carboxylic acids is 1. The highest BCUT2D eigenvalue weighted by Crippen LogP contribution is 2.32. The summed E-state index contributed by atoms with van der Waals surface area (Å²) in [7, 11) is 0. The predicted molar refractivity (Wildman–Crippen MR) is 103 cm³/mol. The summed E-state index contributed by atoms with van der Waals surface area (Å²) in [5, 5.41) is 0.558. The van der Waals surface area contributed by atoms with Crippen molar-refractivity contribution in [1.82, 2.24) is 9.97 Å². The molecule has 0 aliphatic carbocycles. The van der Waals surface area contributed by atoms with E-state index in [0.29, 0.717) is 16.5 Å². The van der Waals surface area contributed by atoms with Crippen LogP contribution in [0.4, 0.5) is 0 Å². The number of aldehydes is 1. The van der Waals surface area contributed by atoms with Gasteiger partial charge in [-0.2, -0.15) is 0 Å². The molecule has 26 heavy (non-hydrogen) atoms. The van der Waals surface area contributed by atoms with E-state index in [1.54, 1.807) is 12.1 Å². The second-order valence-corrected chi connectivity index (χ2v) is 6.20. The third kappa shape index (κ3) is 2.82. The van der Waals surface area contributed by atoms with E-state index in [2.05, 4.69) is 4.98 Å². The van der Waals surface area contributed by atoms with Gasteiger partial charge in [-0.3, -0.25) is 9.59 Å². The topological polar surface area (TPSA) is 62.8 Å². The van der Waals surface area contributed by atoms with Crippen molar-refractivity contribution in [3.05, 3.63) is 88.3 Å². The summed E-state index contributed by atoms with van der Waals surface area (Å²) in [6.45, 7) is 1.84. The fraction of sp³-hybridized carbons (Fsp3) is 0.0455. The van der Waals surface area contributed by atoms with E-state index in [-0.39, 0.29) is 5.56 Å². The summed E-state index contributed by atoms with van der Waals surface area (Å²) in [4.78, 5) is 30.9. The first kappa shape index (κ1) is 16.0. The fourth-order valence-corrected chi connectivity index (χ4v) is 3.08. The number of aryl methyl sites for hydroxylation is 1. The summed E-state index contributed by atoms with van der Waals surface area (Å²) >= 11 is 0. The number of fused-ring (bicyclic) bond motifs is 1. The average molecular weight is 340 g/mol. The maximum Gasteiger partial charge on any atom is 0.257 e. The van der Waals surface area contributed by atoms with Gasteiger partial charge in [-0.25, -0.2) is 4.98 Å². The largest absolute Gasteiger partial charge is 0.326 e. The monoisotopic (exact) mass is 340 g/mol. The standard InChI is InChI=1S/C22H16N2O2/c1-14-11-20-19(22(26)23-14)12-18(16-5-3-2-4-6-16)21(24-20)17-9-7-15(13-25)8-10-17/h2-13H,1H3,(H,23,26). The predicted octanol–water partition coefficient (Wildman–Crippen LogP) is 4.38. The normalized spacial score (nSPS) is 10.8. The molecule has 0 unspecified atom stereocenters. The Hall–Kier alpha value is -3.53. The van der Waals surface area contributed by atoms with Crippen LogP contribution in [-0.4, -0.2) is 16.3 Å². The number of carbonyl (C=O) groups is 1. The molecule has 126 valence electrons. The van der Waals surface area contributed by atoms with E-state index in [0.717, 1.165) is 34.4 Å². The first-order valence-electron chi connectivity index (χ1n) is 8.31. The zero-order valence-electron chi connectivity index (χ0n) is 14.2. The highest BCUT2D eigenvalue weighted by molar-refractivity contribution is 5.91. The lowest BCUT2D eigenvalue weighted by Gasteiger charge is -2.12. The SMILES string of the molecule is Cc1cc2nc(-c3ccc(C=O)cc3)c(-c3ccccc3)cc2c(=O)[nH]1. The minimum absolute atomic E-state index is 0.146. The molecular weight excluding hydrogens is 324 g/mol. The van der Waals surface area contributed by atoms with Crippen LogP contribution in [0.1, 0.15) is 16.1 Å². The Kier molecular flexibility index (Phi) is 3.93. The van der Waals surface area contributed by atoms with Crippen LogP contribution in [0.3, 0.4) is 0 Å². The molecule has 0 radical (unpaired) electrons. The molecule has 0 aliphatic rings. The molecule has 0 amide bonds. The zero-order chi connectivity index (χ0) is 18.1. The molecule has 1 N–H and O–H groups in total. The van der Waals surface area contributed by atoms with Gasteiger partial charge in [0.1, 0.15) is 6.29 Å². The first-order valence-corrected chi connectivity index (χ1v) is 8.31. The van der Waals surface area contributed by atoms with Gasteiger partial charge in [-0.1, -0.05) is 54.6 Å². The molecule has 0 atom stereocenters. The summed E-state index contributed by atoms with van der Waals surface area (Å²) in [6, 6.07) is 20.9. The van der Waals surface area contributed by atoms with E-state index in [1.165, 1.54) is 0 Å². The number of benzene rings is 2. The van der Waals surface area contributed by atoms with Gasteiger partial charge in [0, 0.05) is 22.4 Å². The molecule has 0 aliphatic heterocycles. The Balaban J connectivity index is 2.05. The molecule has 2 aromatic carbocycles. The molecule has 0 fully saturated rings. The number of pyridine rings is 2. The summed E-state index contributed by atoms with van der Waals surface area (Å²) < 4.78 is 0. The second-order valence-electron chi connectivity index (χ2n) is 6.20. The minimum atomic E-state index is -0.146. The molecule has 0 saturated carbocycles. The van der Waals surface area contributed by atoms with E-state index in [1.807, 2.05) is 61.5 Å². The molecule has 2 heterocycles. The number of nitrogens with one attached hydrogen (secondary N) is 1. The van der Waals surface area contributed by atoms with Gasteiger partial charge in [0.25, 0.3) is 5.56 Å². The van der Waals surface area contributed by atoms with Crippen molar-refractivity contribution in [2.24, 2.45) is 0 Å². The van der Waals surface area contributed by atoms with Gasteiger partial charge in [0.2, 0.25) is 0 Å². The van der Waals surface area contributed by atoms with Crippen molar-refractivity contribution in [2.75, 3.05) is 0 Å². The molecule has 0 bridgehead atoms. The van der Waals surface area contributed by atoms with Crippen molar-refractivity contribution in [1.29, 1.82) is 0 Å². The minimum Gasteiger partial charge on any atom is -0.326 e. The van der Waals surface area contributed by atoms with Crippen LogP contribution in [0.15, 0.2) is 71.5 Å². The van der Waals surface area contributed by atoms with Gasteiger partial charge < -0.3 is 4.98 Å². The number of hydrogen-bond acceptors (Lipinski definition) is 3. The average Bonchev–Trinajstić information content (AvgIpc) is 2.68. The lowest BCUT2D eigenvalue weighted by molar-refractivity contribution is 0.112. The van der Waals surface area contributed by atoms with E-state index in [4.69, 9.17) is 4.98 Å². The summed E-state index contributed by atoms with van der Waals surface area (Å²) in [6.07, 6.45) is 0.818. The van der Waals surface area contributed by atoms with Crippen molar-refractivity contribution in [3.63, 3.8) is 0 Å². The molecule has 4 nitrogen and oxygen atoms in total. The van der Waals surface area contributed by atoms with Crippen molar-refractivity contribution in [2.45, 2.75) is 6.92 Å². The van der Waals surface area contributed by atoms with E-state index in [9.17, 15) is 9.59 Å². The number of rotatable bonds is 3. The first-order chi connectivity index (χ1) is 12.7. The Morgan fingerprint density at radius 3 is 2.35 bits per heavy atom. The van der Waals surface area contributed by atoms with Gasteiger partial charge in [0.05, 0.1) is 16.6 Å². The van der Waals surface area contributed by atoms with Crippen LogP contribution >= 0.6 is 0 Å². The highest BCUT2D eigenvalue weighted by Gasteiger charge is 2.13. The number of H-pyrrole nitrogens is 1. The van der Waals surface area contributed by atoms with Gasteiger partial charge in [-0.15, -0.1) is 0 Å². The van der Waals surface area contributed by atoms with Crippen molar-refractivity contribution in [3.8, 4) is 22.4 Å². The third-order valence-corrected chi connectivity index (χ3v) is 4.37. The lowest BCUT2D eigenvalue weighted by atomic mass is 9.97. The molecule has 2 aromatic heterocycles. The molecular formula is C22H16N2O2. The maximum atomic E-state index is 12.4. The van der Waals surface area contributed by atoms with Gasteiger partial charge >= 0.3 is 0 Å². The van der Waals surface area contributed by atoms with Crippen molar-refractivity contribution < 1.29 is 4.79 Å². The zero-order valence-corrected chi connectivity index (χ0v) is 14.2. The number of aromatic nitrogens is 2. The fourth-order valence-electron chi connectivity index (χ4n) is 3.08. The Labute approximate surface area is 150 Å². The Morgan fingerprint density at radius 1 is 0.923 bits per heavy atom. The quantitative estimate of drug-likeness (QED) is 0.563. The van der Waals surface area contributed by atoms with Crippen molar-refractivity contribution >= 4 is 17.2 Å². The number of nitrogens with zero attached hydrogens (tertiary/aromatic N) is 1. The Bertz CT molecular complexity index is 1160. The van der Waals surface area contributed by atoms with Crippen LogP contribution < -0.4 is 5.56 Å². The van der Waals surface area contributed by atoms with Crippen LogP contribution in [0.25, 0.3) is 33.3 Å². The van der Waals surface area contributed by atoms with Gasteiger partial charge in [-0.05, 0) is 24.6 Å². The number of aromatic amines is 1. The highest BCUT2D eigenvalue weighted by atomic mass is 16.1. The molecule has 4 aromatic rings. The lowest BCUT2D eigenvalue weighted by Crippen LogP contribution is -2.09. The molecule has 0 spiro atoms. The van der Waals surface area contributed by atoms with Gasteiger partial charge in [0.15, 0.2) is 0 Å². The molecule has 4 rings (SSSR count). The molecule has 0 saturated heterocycles. The van der Waals surface area contributed by atoms with Crippen LogP contribution in [0.5, 0.6) is 0 Å². The van der Waals surface area contributed by atoms with E-state index < -0.39 is 0 Å². The van der Waals surface area contributed by atoms with Crippen LogP contribution in [0, 0.1) is 6.92 Å². The Morgan fingerprint density at radius 2 is 1.65 bits per heavy atom. The third-order valence-electron chi connectivity index (χ3n) is 4.37.